The van der Waals surface area contributed by atoms with Gasteiger partial charge in [0, 0.05) is 18.5 Å². The van der Waals surface area contributed by atoms with E-state index in [0.29, 0.717) is 30.7 Å². The van der Waals surface area contributed by atoms with Crippen molar-refractivity contribution in [3.63, 3.8) is 0 Å². The number of amides is 1. The Morgan fingerprint density at radius 3 is 2.86 bits per heavy atom. The topological polar surface area (TPSA) is 59.3 Å². The number of carbonyl (C=O) groups is 2. The van der Waals surface area contributed by atoms with E-state index in [0.717, 1.165) is 5.56 Å². The van der Waals surface area contributed by atoms with Crippen LogP contribution in [0.4, 0.5) is 10.1 Å². The highest BCUT2D eigenvalue weighted by atomic mass is 19.1. The first kappa shape index (κ1) is 13.5. The Labute approximate surface area is 121 Å². The number of rotatable bonds is 3. The van der Waals surface area contributed by atoms with Crippen LogP contribution in [-0.2, 0) is 17.6 Å². The van der Waals surface area contributed by atoms with Crippen molar-refractivity contribution in [3.8, 4) is 0 Å². The molecule has 0 spiro atoms. The molecule has 0 saturated carbocycles. The van der Waals surface area contributed by atoms with E-state index in [-0.39, 0.29) is 17.2 Å². The number of furan rings is 1. The standard InChI is InChI=1S/C16H14FNO3/c1-2-10-4-5-14(21-10)16(20)11-7-9-3-6-15(19)18-13(9)8-12(11)17/h4-5,7-8H,2-3,6H2,1H3,(H,18,19). The van der Waals surface area contributed by atoms with Gasteiger partial charge in [0.2, 0.25) is 11.7 Å². The third-order valence-corrected chi connectivity index (χ3v) is 3.57. The molecule has 1 aliphatic rings. The SMILES string of the molecule is CCc1ccc(C(=O)c2cc3c(cc2F)NC(=O)CC3)o1. The Kier molecular flexibility index (Phi) is 3.33. The van der Waals surface area contributed by atoms with E-state index in [4.69, 9.17) is 4.42 Å². The van der Waals surface area contributed by atoms with Gasteiger partial charge in [-0.05, 0) is 36.2 Å². The highest BCUT2D eigenvalue weighted by Crippen LogP contribution is 2.27. The van der Waals surface area contributed by atoms with E-state index < -0.39 is 11.6 Å². The molecule has 2 heterocycles. The second-order valence-electron chi connectivity index (χ2n) is 4.99. The van der Waals surface area contributed by atoms with Gasteiger partial charge in [0.05, 0.1) is 5.56 Å². The number of benzene rings is 1. The molecular weight excluding hydrogens is 273 g/mol. The smallest absolute Gasteiger partial charge is 0.231 e. The van der Waals surface area contributed by atoms with Gasteiger partial charge in [0.1, 0.15) is 11.6 Å². The summed E-state index contributed by atoms with van der Waals surface area (Å²) in [4.78, 5) is 23.6. The van der Waals surface area contributed by atoms with Crippen molar-refractivity contribution >= 4 is 17.4 Å². The van der Waals surface area contributed by atoms with Gasteiger partial charge in [-0.15, -0.1) is 0 Å². The number of fused-ring (bicyclic) bond motifs is 1. The minimum absolute atomic E-state index is 0.0260. The lowest BCUT2D eigenvalue weighted by Gasteiger charge is -2.17. The van der Waals surface area contributed by atoms with Gasteiger partial charge in [-0.2, -0.15) is 0 Å². The van der Waals surface area contributed by atoms with Crippen LogP contribution >= 0.6 is 0 Å². The first-order valence-electron chi connectivity index (χ1n) is 6.84. The summed E-state index contributed by atoms with van der Waals surface area (Å²) >= 11 is 0. The maximum absolute atomic E-state index is 14.1. The quantitative estimate of drug-likeness (QED) is 0.882. The normalized spacial score (nSPS) is 13.7. The number of ketones is 1. The fourth-order valence-electron chi connectivity index (χ4n) is 2.40. The highest BCUT2D eigenvalue weighted by Gasteiger charge is 2.22. The lowest BCUT2D eigenvalue weighted by Crippen LogP contribution is -2.20. The van der Waals surface area contributed by atoms with Crippen molar-refractivity contribution in [1.82, 2.24) is 0 Å². The summed E-state index contributed by atoms with van der Waals surface area (Å²) in [6.45, 7) is 1.91. The summed E-state index contributed by atoms with van der Waals surface area (Å²) < 4.78 is 19.5. The Morgan fingerprint density at radius 2 is 2.14 bits per heavy atom. The number of anilines is 1. The predicted octanol–water partition coefficient (Wildman–Crippen LogP) is 3.10. The molecule has 2 aromatic rings. The molecule has 1 aromatic carbocycles. The van der Waals surface area contributed by atoms with Crippen molar-refractivity contribution in [1.29, 1.82) is 0 Å². The molecular formula is C16H14FNO3. The number of carbonyl (C=O) groups excluding carboxylic acids is 2. The molecule has 0 atom stereocenters. The van der Waals surface area contributed by atoms with E-state index in [2.05, 4.69) is 5.32 Å². The zero-order valence-electron chi connectivity index (χ0n) is 11.5. The van der Waals surface area contributed by atoms with Crippen molar-refractivity contribution < 1.29 is 18.4 Å². The van der Waals surface area contributed by atoms with Gasteiger partial charge in [-0.1, -0.05) is 6.92 Å². The number of nitrogens with one attached hydrogen (secondary N) is 1. The second-order valence-corrected chi connectivity index (χ2v) is 4.99. The van der Waals surface area contributed by atoms with Gasteiger partial charge in [0.15, 0.2) is 5.76 Å². The summed E-state index contributed by atoms with van der Waals surface area (Å²) in [5, 5.41) is 2.61. The molecule has 0 saturated heterocycles. The lowest BCUT2D eigenvalue weighted by molar-refractivity contribution is -0.116. The maximum atomic E-state index is 14.1. The molecule has 108 valence electrons. The van der Waals surface area contributed by atoms with E-state index in [1.54, 1.807) is 12.1 Å². The number of hydrogen-bond donors (Lipinski definition) is 1. The van der Waals surface area contributed by atoms with Crippen molar-refractivity contribution in [2.24, 2.45) is 0 Å². The Hall–Kier alpha value is -2.43. The van der Waals surface area contributed by atoms with Crippen LogP contribution < -0.4 is 5.32 Å². The summed E-state index contributed by atoms with van der Waals surface area (Å²) in [7, 11) is 0. The van der Waals surface area contributed by atoms with E-state index >= 15 is 0 Å². The fraction of sp³-hybridized carbons (Fsp3) is 0.250. The molecule has 0 unspecified atom stereocenters. The van der Waals surface area contributed by atoms with Gasteiger partial charge in [-0.3, -0.25) is 9.59 Å². The number of hydrogen-bond acceptors (Lipinski definition) is 3. The Bertz CT molecular complexity index is 733. The first-order chi connectivity index (χ1) is 10.1. The van der Waals surface area contributed by atoms with Gasteiger partial charge < -0.3 is 9.73 Å². The van der Waals surface area contributed by atoms with Crippen LogP contribution in [0.2, 0.25) is 0 Å². The Morgan fingerprint density at radius 1 is 1.33 bits per heavy atom. The van der Waals surface area contributed by atoms with Crippen molar-refractivity contribution in [2.45, 2.75) is 26.2 Å². The van der Waals surface area contributed by atoms with E-state index in [1.165, 1.54) is 12.1 Å². The van der Waals surface area contributed by atoms with E-state index in [9.17, 15) is 14.0 Å². The van der Waals surface area contributed by atoms with Crippen LogP contribution in [0, 0.1) is 5.82 Å². The average molecular weight is 287 g/mol. The molecule has 0 bridgehead atoms. The molecule has 0 aliphatic carbocycles. The molecule has 0 radical (unpaired) electrons. The minimum atomic E-state index is -0.657. The van der Waals surface area contributed by atoms with Crippen LogP contribution in [0.5, 0.6) is 0 Å². The second kappa shape index (κ2) is 5.16. The average Bonchev–Trinajstić information content (AvgIpc) is 2.94. The molecule has 21 heavy (non-hydrogen) atoms. The van der Waals surface area contributed by atoms with Crippen LogP contribution in [0.15, 0.2) is 28.7 Å². The number of aryl methyl sites for hydroxylation is 2. The van der Waals surface area contributed by atoms with Gasteiger partial charge >= 0.3 is 0 Å². The molecule has 5 heteroatoms. The molecule has 1 amide bonds. The lowest BCUT2D eigenvalue weighted by atomic mass is 9.97. The zero-order chi connectivity index (χ0) is 15.0. The maximum Gasteiger partial charge on any atom is 0.231 e. The highest BCUT2D eigenvalue weighted by molar-refractivity contribution is 6.08. The first-order valence-corrected chi connectivity index (χ1v) is 6.84. The van der Waals surface area contributed by atoms with E-state index in [1.807, 2.05) is 6.92 Å². The third-order valence-electron chi connectivity index (χ3n) is 3.57. The monoisotopic (exact) mass is 287 g/mol. The van der Waals surface area contributed by atoms with Crippen molar-refractivity contribution in [2.75, 3.05) is 5.32 Å². The molecule has 1 aliphatic heterocycles. The summed E-state index contributed by atoms with van der Waals surface area (Å²) in [6, 6.07) is 5.97. The van der Waals surface area contributed by atoms with Crippen molar-refractivity contribution in [3.05, 3.63) is 52.7 Å². The van der Waals surface area contributed by atoms with Crippen LogP contribution in [0.3, 0.4) is 0 Å². The molecule has 0 fully saturated rings. The molecule has 4 nitrogen and oxygen atoms in total. The van der Waals surface area contributed by atoms with Crippen LogP contribution in [0.25, 0.3) is 0 Å². The van der Waals surface area contributed by atoms with Crippen LogP contribution in [0.1, 0.15) is 40.8 Å². The summed E-state index contributed by atoms with van der Waals surface area (Å²) in [5.74, 6) is -0.462. The van der Waals surface area contributed by atoms with Crippen LogP contribution in [-0.4, -0.2) is 11.7 Å². The molecule has 3 rings (SSSR count). The minimum Gasteiger partial charge on any atom is -0.458 e. The summed E-state index contributed by atoms with van der Waals surface area (Å²) in [5.41, 5.74) is 1.18. The third kappa shape index (κ3) is 2.46. The molecule has 1 aromatic heterocycles. The largest absolute Gasteiger partial charge is 0.458 e. The number of halogens is 1. The Balaban J connectivity index is 1.98. The zero-order valence-corrected chi connectivity index (χ0v) is 11.5. The molecule has 1 N–H and O–H groups in total. The summed E-state index contributed by atoms with van der Waals surface area (Å²) in [6.07, 6.45) is 1.51. The van der Waals surface area contributed by atoms with Gasteiger partial charge in [0.25, 0.3) is 0 Å². The predicted molar refractivity (Wildman–Crippen MR) is 74.9 cm³/mol. The fourth-order valence-corrected chi connectivity index (χ4v) is 2.40. The van der Waals surface area contributed by atoms with Gasteiger partial charge in [-0.25, -0.2) is 4.39 Å².